The molecule has 1 N–H and O–H groups in total. The lowest BCUT2D eigenvalue weighted by Crippen LogP contribution is -2.14. The number of aryl methyl sites for hydroxylation is 1. The van der Waals surface area contributed by atoms with Crippen LogP contribution in [-0.4, -0.2) is 16.1 Å². The number of nitrogens with zero attached hydrogens (tertiary/aromatic N) is 3. The van der Waals surface area contributed by atoms with E-state index in [2.05, 4.69) is 10.5 Å². The number of hydrogen-bond acceptors (Lipinski definition) is 4. The van der Waals surface area contributed by atoms with Gasteiger partial charge < -0.3 is 4.57 Å². The number of aromatic nitrogens is 1. The fraction of sp³-hybridized carbons (Fsp3) is 0.105. The van der Waals surface area contributed by atoms with Gasteiger partial charge >= 0.3 is 6.18 Å². The van der Waals surface area contributed by atoms with Crippen LogP contribution in [0.15, 0.2) is 53.8 Å². The summed E-state index contributed by atoms with van der Waals surface area (Å²) in [5.41, 5.74) is 1.80. The fourth-order valence-corrected chi connectivity index (χ4v) is 2.95. The van der Waals surface area contributed by atoms with Crippen molar-refractivity contribution in [2.24, 2.45) is 12.1 Å². The Bertz CT molecular complexity index is 1140. The molecule has 0 spiro atoms. The van der Waals surface area contributed by atoms with E-state index >= 15 is 0 Å². The van der Waals surface area contributed by atoms with Crippen LogP contribution in [-0.2, 0) is 13.2 Å². The van der Waals surface area contributed by atoms with E-state index in [9.17, 15) is 23.2 Å². The lowest BCUT2D eigenvalue weighted by atomic mass is 10.1. The van der Waals surface area contributed by atoms with Crippen LogP contribution >= 0.6 is 11.6 Å². The first-order valence-corrected chi connectivity index (χ1v) is 8.29. The molecular formula is C19H12ClF3N4O. The number of hydrazone groups is 1. The van der Waals surface area contributed by atoms with Crippen molar-refractivity contribution in [3.8, 4) is 6.07 Å². The summed E-state index contributed by atoms with van der Waals surface area (Å²) in [5, 5.41) is 13.5. The van der Waals surface area contributed by atoms with Gasteiger partial charge in [-0.1, -0.05) is 29.8 Å². The van der Waals surface area contributed by atoms with Gasteiger partial charge in [0, 0.05) is 29.2 Å². The molecule has 28 heavy (non-hydrogen) atoms. The number of benzene rings is 2. The Labute approximate surface area is 162 Å². The summed E-state index contributed by atoms with van der Waals surface area (Å²) in [6.45, 7) is 0. The number of alkyl halides is 3. The number of hydrogen-bond donors (Lipinski definition) is 1. The molecule has 0 aliphatic heterocycles. The monoisotopic (exact) mass is 404 g/mol. The number of halogens is 4. The maximum Gasteiger partial charge on any atom is 0.416 e. The number of anilines is 1. The number of para-hydroxylation sites is 1. The first-order valence-electron chi connectivity index (χ1n) is 7.91. The van der Waals surface area contributed by atoms with Gasteiger partial charge in [-0.2, -0.15) is 23.5 Å². The van der Waals surface area contributed by atoms with Gasteiger partial charge in [0.1, 0.15) is 6.07 Å². The first-order chi connectivity index (χ1) is 13.2. The zero-order chi connectivity index (χ0) is 20.5. The van der Waals surface area contributed by atoms with Gasteiger partial charge in [0.05, 0.1) is 16.8 Å². The Hall–Kier alpha value is -3.31. The van der Waals surface area contributed by atoms with Gasteiger partial charge in [-0.3, -0.25) is 10.2 Å². The van der Waals surface area contributed by atoms with E-state index in [-0.39, 0.29) is 16.3 Å². The van der Waals surface area contributed by atoms with Crippen LogP contribution in [0.2, 0.25) is 5.02 Å². The normalized spacial score (nSPS) is 12.1. The predicted octanol–water partition coefficient (Wildman–Crippen LogP) is 5.02. The summed E-state index contributed by atoms with van der Waals surface area (Å²) >= 11 is 5.71. The third-order valence-electron chi connectivity index (χ3n) is 3.98. The smallest absolute Gasteiger partial charge is 0.350 e. The number of nitriles is 1. The number of fused-ring (bicyclic) bond motifs is 1. The van der Waals surface area contributed by atoms with Crippen LogP contribution in [0.5, 0.6) is 0 Å². The molecule has 0 atom stereocenters. The van der Waals surface area contributed by atoms with E-state index in [0.717, 1.165) is 17.6 Å². The molecule has 9 heteroatoms. The van der Waals surface area contributed by atoms with E-state index in [1.165, 1.54) is 6.07 Å². The molecule has 1 heterocycles. The molecule has 142 valence electrons. The van der Waals surface area contributed by atoms with Gasteiger partial charge in [-0.05, 0) is 24.3 Å². The Morgan fingerprint density at radius 1 is 1.25 bits per heavy atom. The zero-order valence-electron chi connectivity index (χ0n) is 14.4. The molecule has 5 nitrogen and oxygen atoms in total. The SMILES string of the molecule is Cn1cc(C(=O)/C(C#N)=N/Nc2cc(Cl)cc(C(F)(F)F)c2)c2ccccc21. The van der Waals surface area contributed by atoms with E-state index in [1.54, 1.807) is 36.0 Å². The molecule has 0 aliphatic rings. The van der Waals surface area contributed by atoms with E-state index in [0.29, 0.717) is 5.39 Å². The number of carbonyl (C=O) groups is 1. The van der Waals surface area contributed by atoms with Crippen LogP contribution in [0.25, 0.3) is 10.9 Å². The molecule has 0 amide bonds. The van der Waals surface area contributed by atoms with Crippen molar-refractivity contribution in [3.05, 3.63) is 64.8 Å². The molecule has 0 unspecified atom stereocenters. The molecule has 0 saturated heterocycles. The summed E-state index contributed by atoms with van der Waals surface area (Å²) in [6, 6.07) is 11.6. The number of ketones is 1. The summed E-state index contributed by atoms with van der Waals surface area (Å²) in [5.74, 6) is -0.648. The zero-order valence-corrected chi connectivity index (χ0v) is 15.1. The molecule has 3 rings (SSSR count). The number of Topliss-reactive ketones (excluding diaryl/α,β-unsaturated/α-hetero) is 1. The molecule has 0 radical (unpaired) electrons. The molecule has 1 aromatic heterocycles. The highest BCUT2D eigenvalue weighted by Crippen LogP contribution is 2.33. The van der Waals surface area contributed by atoms with Crippen molar-refractivity contribution >= 4 is 39.7 Å². The summed E-state index contributed by atoms with van der Waals surface area (Å²) in [7, 11) is 1.76. The number of rotatable bonds is 4. The van der Waals surface area contributed by atoms with Crippen molar-refractivity contribution in [1.82, 2.24) is 4.57 Å². The van der Waals surface area contributed by atoms with E-state index in [1.807, 2.05) is 12.1 Å². The lowest BCUT2D eigenvalue weighted by Gasteiger charge is -2.09. The maximum absolute atomic E-state index is 12.9. The first kappa shape index (κ1) is 19.5. The minimum absolute atomic E-state index is 0.0988. The second-order valence-corrected chi connectivity index (χ2v) is 6.35. The van der Waals surface area contributed by atoms with Gasteiger partial charge in [0.25, 0.3) is 0 Å². The largest absolute Gasteiger partial charge is 0.416 e. The van der Waals surface area contributed by atoms with Gasteiger partial charge in [-0.15, -0.1) is 0 Å². The standard InChI is InChI=1S/C19H12ClF3N4O/c1-27-10-15(14-4-2-3-5-17(14)27)18(28)16(9-24)26-25-13-7-11(19(21,22)23)6-12(20)8-13/h2-8,10,25H,1H3/b26-16+. The third kappa shape index (κ3) is 3.85. The van der Waals surface area contributed by atoms with Gasteiger partial charge in [-0.25, -0.2) is 0 Å². The Morgan fingerprint density at radius 2 is 1.96 bits per heavy atom. The van der Waals surface area contributed by atoms with Crippen molar-refractivity contribution < 1.29 is 18.0 Å². The Morgan fingerprint density at radius 3 is 2.64 bits per heavy atom. The molecular weight excluding hydrogens is 393 g/mol. The van der Waals surface area contributed by atoms with Crippen molar-refractivity contribution in [2.45, 2.75) is 6.18 Å². The molecule has 0 fully saturated rings. The highest BCUT2D eigenvalue weighted by molar-refractivity contribution is 6.53. The highest BCUT2D eigenvalue weighted by atomic mass is 35.5. The van der Waals surface area contributed by atoms with Crippen molar-refractivity contribution in [3.63, 3.8) is 0 Å². The highest BCUT2D eigenvalue weighted by Gasteiger charge is 2.31. The van der Waals surface area contributed by atoms with E-state index < -0.39 is 23.2 Å². The van der Waals surface area contributed by atoms with Crippen LogP contribution < -0.4 is 5.43 Å². The average Bonchev–Trinajstić information content (AvgIpc) is 2.98. The molecule has 2 aromatic carbocycles. The molecule has 0 bridgehead atoms. The molecule has 0 aliphatic carbocycles. The quantitative estimate of drug-likeness (QED) is 0.377. The van der Waals surface area contributed by atoms with Crippen LogP contribution in [0, 0.1) is 11.3 Å². The lowest BCUT2D eigenvalue weighted by molar-refractivity contribution is -0.137. The second kappa shape index (κ2) is 7.37. The van der Waals surface area contributed by atoms with Crippen LogP contribution in [0.3, 0.4) is 0 Å². The van der Waals surface area contributed by atoms with Gasteiger partial charge in [0.2, 0.25) is 11.5 Å². The minimum atomic E-state index is -4.60. The van der Waals surface area contributed by atoms with Crippen LogP contribution in [0.1, 0.15) is 15.9 Å². The van der Waals surface area contributed by atoms with Crippen molar-refractivity contribution in [1.29, 1.82) is 5.26 Å². The molecule has 0 saturated carbocycles. The van der Waals surface area contributed by atoms with Gasteiger partial charge in [0.15, 0.2) is 0 Å². The Balaban J connectivity index is 1.94. The summed E-state index contributed by atoms with van der Waals surface area (Å²) in [6.07, 6.45) is -3.02. The van der Waals surface area contributed by atoms with Crippen LogP contribution in [0.4, 0.5) is 18.9 Å². The number of nitrogens with one attached hydrogen (secondary N) is 1. The number of carbonyl (C=O) groups excluding carboxylic acids is 1. The predicted molar refractivity (Wildman–Crippen MR) is 100 cm³/mol. The minimum Gasteiger partial charge on any atom is -0.350 e. The maximum atomic E-state index is 12.9. The summed E-state index contributed by atoms with van der Waals surface area (Å²) in [4.78, 5) is 12.7. The average molecular weight is 405 g/mol. The second-order valence-electron chi connectivity index (χ2n) is 5.91. The van der Waals surface area contributed by atoms with E-state index in [4.69, 9.17) is 11.6 Å². The summed E-state index contributed by atoms with van der Waals surface area (Å²) < 4.78 is 40.4. The fourth-order valence-electron chi connectivity index (χ4n) is 2.72. The van der Waals surface area contributed by atoms with Crippen molar-refractivity contribution in [2.75, 3.05) is 5.43 Å². The topological polar surface area (TPSA) is 70.2 Å². The molecule has 3 aromatic rings. The third-order valence-corrected chi connectivity index (χ3v) is 4.20. The Kier molecular flexibility index (Phi) is 5.12.